The third-order valence-electron chi connectivity index (χ3n) is 3.58. The van der Waals surface area contributed by atoms with E-state index in [0.717, 1.165) is 22.7 Å². The molecule has 5 heteroatoms. The molecule has 5 nitrogen and oxygen atoms in total. The lowest BCUT2D eigenvalue weighted by Gasteiger charge is -2.24. The second-order valence-electron chi connectivity index (χ2n) is 5.23. The average Bonchev–Trinajstić information content (AvgIpc) is 2.60. The molecule has 0 spiro atoms. The highest BCUT2D eigenvalue weighted by molar-refractivity contribution is 5.94. The highest BCUT2D eigenvalue weighted by atomic mass is 16.6. The van der Waals surface area contributed by atoms with Gasteiger partial charge < -0.3 is 19.1 Å². The number of para-hydroxylation sites is 1. The van der Waals surface area contributed by atoms with E-state index < -0.39 is 0 Å². The fourth-order valence-electron chi connectivity index (χ4n) is 2.50. The van der Waals surface area contributed by atoms with Crippen LogP contribution < -0.4 is 14.4 Å². The first-order valence-corrected chi connectivity index (χ1v) is 7.51. The van der Waals surface area contributed by atoms with Gasteiger partial charge in [-0.2, -0.15) is 0 Å². The van der Waals surface area contributed by atoms with Crippen molar-refractivity contribution in [1.82, 2.24) is 0 Å². The molecular weight excluding hydrogens is 294 g/mol. The number of fused-ring (bicyclic) bond motifs is 1. The topological polar surface area (TPSA) is 48.0 Å². The lowest BCUT2D eigenvalue weighted by Crippen LogP contribution is -2.33. The van der Waals surface area contributed by atoms with Crippen molar-refractivity contribution in [2.75, 3.05) is 31.8 Å². The zero-order chi connectivity index (χ0) is 16.1. The van der Waals surface area contributed by atoms with Crippen molar-refractivity contribution in [2.24, 2.45) is 0 Å². The highest BCUT2D eigenvalue weighted by Gasteiger charge is 2.18. The molecule has 0 unspecified atom stereocenters. The molecule has 0 fully saturated rings. The number of anilines is 1. The maximum atomic E-state index is 12.4. The Bertz CT molecular complexity index is 672. The Hall–Kier alpha value is -2.53. The molecule has 0 aliphatic carbocycles. The summed E-state index contributed by atoms with van der Waals surface area (Å²) in [4.78, 5) is 14.1. The highest BCUT2D eigenvalue weighted by Crippen LogP contribution is 2.31. The molecule has 0 N–H and O–H groups in total. The molecular formula is C18H19NO4. The number of benzene rings is 2. The van der Waals surface area contributed by atoms with Crippen LogP contribution in [-0.2, 0) is 16.1 Å². The van der Waals surface area contributed by atoms with Crippen LogP contribution in [0.3, 0.4) is 0 Å². The summed E-state index contributed by atoms with van der Waals surface area (Å²) < 4.78 is 16.1. The van der Waals surface area contributed by atoms with Crippen LogP contribution in [0.25, 0.3) is 0 Å². The van der Waals surface area contributed by atoms with Gasteiger partial charge in [0.25, 0.3) is 5.91 Å². The predicted molar refractivity (Wildman–Crippen MR) is 86.9 cm³/mol. The minimum absolute atomic E-state index is 0.0411. The van der Waals surface area contributed by atoms with E-state index in [2.05, 4.69) is 0 Å². The van der Waals surface area contributed by atoms with Gasteiger partial charge in [0, 0.05) is 12.8 Å². The van der Waals surface area contributed by atoms with Crippen LogP contribution in [0.4, 0.5) is 5.69 Å². The first-order valence-electron chi connectivity index (χ1n) is 7.51. The molecule has 3 rings (SSSR count). The summed E-state index contributed by atoms with van der Waals surface area (Å²) in [7, 11) is 1.52. The van der Waals surface area contributed by atoms with E-state index in [0.29, 0.717) is 19.8 Å². The van der Waals surface area contributed by atoms with Crippen LogP contribution in [0.5, 0.6) is 11.5 Å². The normalized spacial score (nSPS) is 12.7. The molecule has 0 radical (unpaired) electrons. The Balaban J connectivity index is 1.85. The second kappa shape index (κ2) is 7.15. The smallest absolute Gasteiger partial charge is 0.253 e. The summed E-state index contributed by atoms with van der Waals surface area (Å²) in [6, 6.07) is 15.3. The van der Waals surface area contributed by atoms with Gasteiger partial charge in [-0.25, -0.2) is 0 Å². The Kier molecular flexibility index (Phi) is 4.78. The second-order valence-corrected chi connectivity index (χ2v) is 5.23. The standard InChI is InChI=1S/C18H19NO4/c1-21-13-18(20)19(15-5-3-2-4-6-15)12-14-7-8-16-17(11-14)23-10-9-22-16/h2-8,11H,9-10,12-13H2,1H3. The number of rotatable bonds is 5. The minimum atomic E-state index is -0.0893. The van der Waals surface area contributed by atoms with Crippen molar-refractivity contribution >= 4 is 11.6 Å². The van der Waals surface area contributed by atoms with E-state index in [4.69, 9.17) is 14.2 Å². The van der Waals surface area contributed by atoms with Crippen molar-refractivity contribution in [3.8, 4) is 11.5 Å². The molecule has 0 aromatic heterocycles. The molecule has 0 saturated heterocycles. The Morgan fingerprint density at radius 2 is 1.83 bits per heavy atom. The quantitative estimate of drug-likeness (QED) is 0.851. The Labute approximate surface area is 135 Å². The summed E-state index contributed by atoms with van der Waals surface area (Å²) in [6.07, 6.45) is 0. The Morgan fingerprint density at radius 1 is 1.09 bits per heavy atom. The summed E-state index contributed by atoms with van der Waals surface area (Å²) in [5.41, 5.74) is 1.81. The van der Waals surface area contributed by atoms with E-state index >= 15 is 0 Å². The SMILES string of the molecule is COCC(=O)N(Cc1ccc2c(c1)OCCO2)c1ccccc1. The molecule has 0 saturated carbocycles. The van der Waals surface area contributed by atoms with Crippen molar-refractivity contribution in [3.05, 3.63) is 54.1 Å². The van der Waals surface area contributed by atoms with Crippen molar-refractivity contribution < 1.29 is 19.0 Å². The van der Waals surface area contributed by atoms with E-state index in [1.54, 1.807) is 4.90 Å². The molecule has 23 heavy (non-hydrogen) atoms. The van der Waals surface area contributed by atoms with Crippen LogP contribution >= 0.6 is 0 Å². The monoisotopic (exact) mass is 313 g/mol. The lowest BCUT2D eigenvalue weighted by molar-refractivity contribution is -0.122. The predicted octanol–water partition coefficient (Wildman–Crippen LogP) is 2.64. The van der Waals surface area contributed by atoms with Gasteiger partial charge in [0.2, 0.25) is 0 Å². The minimum Gasteiger partial charge on any atom is -0.486 e. The third kappa shape index (κ3) is 3.63. The fourth-order valence-corrected chi connectivity index (χ4v) is 2.50. The molecule has 0 atom stereocenters. The van der Waals surface area contributed by atoms with Crippen LogP contribution in [0, 0.1) is 0 Å². The van der Waals surface area contributed by atoms with Gasteiger partial charge in [-0.3, -0.25) is 4.79 Å². The molecule has 1 amide bonds. The number of hydrogen-bond acceptors (Lipinski definition) is 4. The van der Waals surface area contributed by atoms with Crippen molar-refractivity contribution in [2.45, 2.75) is 6.54 Å². The number of methoxy groups -OCH3 is 1. The largest absolute Gasteiger partial charge is 0.486 e. The van der Waals surface area contributed by atoms with E-state index in [1.165, 1.54) is 7.11 Å². The van der Waals surface area contributed by atoms with Gasteiger partial charge in [0.15, 0.2) is 11.5 Å². The van der Waals surface area contributed by atoms with Crippen LogP contribution in [-0.4, -0.2) is 32.8 Å². The molecule has 2 aromatic carbocycles. The van der Waals surface area contributed by atoms with Crippen molar-refractivity contribution in [3.63, 3.8) is 0 Å². The number of ether oxygens (including phenoxy) is 3. The average molecular weight is 313 g/mol. The van der Waals surface area contributed by atoms with Gasteiger partial charge in [0.05, 0.1) is 6.54 Å². The maximum Gasteiger partial charge on any atom is 0.253 e. The first kappa shape index (κ1) is 15.4. The van der Waals surface area contributed by atoms with Gasteiger partial charge in [-0.1, -0.05) is 24.3 Å². The number of hydrogen-bond donors (Lipinski definition) is 0. The zero-order valence-corrected chi connectivity index (χ0v) is 13.0. The lowest BCUT2D eigenvalue weighted by atomic mass is 10.1. The van der Waals surface area contributed by atoms with Gasteiger partial charge in [-0.15, -0.1) is 0 Å². The van der Waals surface area contributed by atoms with Gasteiger partial charge in [0.1, 0.15) is 19.8 Å². The Morgan fingerprint density at radius 3 is 2.57 bits per heavy atom. The van der Waals surface area contributed by atoms with E-state index in [9.17, 15) is 4.79 Å². The number of carbonyl (C=O) groups is 1. The summed E-state index contributed by atoms with van der Waals surface area (Å²) >= 11 is 0. The van der Waals surface area contributed by atoms with Gasteiger partial charge >= 0.3 is 0 Å². The molecule has 0 bridgehead atoms. The van der Waals surface area contributed by atoms with E-state index in [-0.39, 0.29) is 12.5 Å². The number of carbonyl (C=O) groups excluding carboxylic acids is 1. The van der Waals surface area contributed by atoms with Crippen LogP contribution in [0.1, 0.15) is 5.56 Å². The molecule has 1 heterocycles. The van der Waals surface area contributed by atoms with Crippen LogP contribution in [0.2, 0.25) is 0 Å². The van der Waals surface area contributed by atoms with Crippen LogP contribution in [0.15, 0.2) is 48.5 Å². The van der Waals surface area contributed by atoms with Gasteiger partial charge in [-0.05, 0) is 29.8 Å². The molecule has 120 valence electrons. The third-order valence-corrected chi connectivity index (χ3v) is 3.58. The molecule has 1 aliphatic heterocycles. The van der Waals surface area contributed by atoms with Crippen molar-refractivity contribution in [1.29, 1.82) is 0 Å². The summed E-state index contributed by atoms with van der Waals surface area (Å²) in [6.45, 7) is 1.60. The fraction of sp³-hybridized carbons (Fsp3) is 0.278. The van der Waals surface area contributed by atoms with E-state index in [1.807, 2.05) is 48.5 Å². The number of nitrogens with zero attached hydrogens (tertiary/aromatic N) is 1. The summed E-state index contributed by atoms with van der Waals surface area (Å²) in [5, 5.41) is 0. The maximum absolute atomic E-state index is 12.4. The first-order chi connectivity index (χ1) is 11.3. The zero-order valence-electron chi connectivity index (χ0n) is 13.0. The number of amides is 1. The summed E-state index contributed by atoms with van der Waals surface area (Å²) in [5.74, 6) is 1.38. The molecule has 1 aliphatic rings. The molecule has 2 aromatic rings.